The SMILES string of the molecule is COc1ccccc1-c1nc(C#N)ccc1C(=O)Nc1nnc(SCCO)s1. The molecule has 0 aliphatic heterocycles. The summed E-state index contributed by atoms with van der Waals surface area (Å²) in [5.41, 5.74) is 1.41. The van der Waals surface area contributed by atoms with E-state index < -0.39 is 5.91 Å². The van der Waals surface area contributed by atoms with E-state index in [1.807, 2.05) is 12.1 Å². The fraction of sp³-hybridized carbons (Fsp3) is 0.167. The lowest BCUT2D eigenvalue weighted by Crippen LogP contribution is -2.14. The zero-order valence-electron chi connectivity index (χ0n) is 14.7. The van der Waals surface area contributed by atoms with Gasteiger partial charge < -0.3 is 9.84 Å². The van der Waals surface area contributed by atoms with Crippen LogP contribution in [0.5, 0.6) is 5.75 Å². The largest absolute Gasteiger partial charge is 0.496 e. The first-order valence-corrected chi connectivity index (χ1v) is 9.89. The maximum atomic E-state index is 12.8. The molecule has 0 saturated heterocycles. The number of anilines is 1. The number of aliphatic hydroxyl groups excluding tert-OH is 1. The van der Waals surface area contributed by atoms with Gasteiger partial charge in [0.25, 0.3) is 5.91 Å². The van der Waals surface area contributed by atoms with Gasteiger partial charge in [-0.05, 0) is 24.3 Å². The van der Waals surface area contributed by atoms with Gasteiger partial charge >= 0.3 is 0 Å². The second-order valence-electron chi connectivity index (χ2n) is 5.30. The van der Waals surface area contributed by atoms with Crippen LogP contribution < -0.4 is 10.1 Å². The second-order valence-corrected chi connectivity index (χ2v) is 7.62. The fourth-order valence-corrected chi connectivity index (χ4v) is 3.93. The summed E-state index contributed by atoms with van der Waals surface area (Å²) < 4.78 is 6.01. The van der Waals surface area contributed by atoms with Crippen LogP contribution in [0.2, 0.25) is 0 Å². The molecule has 3 rings (SSSR count). The Morgan fingerprint density at radius 3 is 2.89 bits per heavy atom. The minimum atomic E-state index is -0.423. The zero-order chi connectivity index (χ0) is 19.9. The van der Waals surface area contributed by atoms with Gasteiger partial charge in [0.15, 0.2) is 4.34 Å². The molecule has 2 heterocycles. The Hall–Kier alpha value is -3.00. The highest BCUT2D eigenvalue weighted by Crippen LogP contribution is 2.32. The van der Waals surface area contributed by atoms with Crippen molar-refractivity contribution >= 4 is 34.1 Å². The van der Waals surface area contributed by atoms with Gasteiger partial charge in [-0.25, -0.2) is 4.98 Å². The molecule has 2 aromatic heterocycles. The molecule has 3 aromatic rings. The van der Waals surface area contributed by atoms with E-state index in [0.29, 0.717) is 32.2 Å². The molecule has 1 aromatic carbocycles. The van der Waals surface area contributed by atoms with Crippen LogP contribution in [0, 0.1) is 11.3 Å². The van der Waals surface area contributed by atoms with Gasteiger partial charge in [0.05, 0.1) is 25.0 Å². The summed E-state index contributed by atoms with van der Waals surface area (Å²) in [5.74, 6) is 0.616. The maximum absolute atomic E-state index is 12.8. The Labute approximate surface area is 169 Å². The molecule has 2 N–H and O–H groups in total. The number of benzene rings is 1. The molecule has 10 heteroatoms. The molecule has 0 unspecified atom stereocenters. The molecule has 8 nitrogen and oxygen atoms in total. The number of hydrogen-bond acceptors (Lipinski definition) is 9. The van der Waals surface area contributed by atoms with Gasteiger partial charge in [0.2, 0.25) is 5.13 Å². The van der Waals surface area contributed by atoms with Gasteiger partial charge in [0.1, 0.15) is 17.5 Å². The van der Waals surface area contributed by atoms with Crippen molar-refractivity contribution in [1.29, 1.82) is 5.26 Å². The first-order chi connectivity index (χ1) is 13.7. The minimum absolute atomic E-state index is 0.0329. The van der Waals surface area contributed by atoms with Gasteiger partial charge in [-0.1, -0.05) is 35.2 Å². The predicted octanol–water partition coefficient (Wildman–Crippen LogP) is 2.82. The predicted molar refractivity (Wildman–Crippen MR) is 107 cm³/mol. The van der Waals surface area contributed by atoms with Gasteiger partial charge in [0, 0.05) is 11.3 Å². The van der Waals surface area contributed by atoms with Crippen LogP contribution in [-0.4, -0.2) is 45.7 Å². The van der Waals surface area contributed by atoms with E-state index in [2.05, 4.69) is 20.5 Å². The van der Waals surface area contributed by atoms with Crippen molar-refractivity contribution in [2.45, 2.75) is 4.34 Å². The number of nitrogens with zero attached hydrogens (tertiary/aromatic N) is 4. The number of rotatable bonds is 7. The van der Waals surface area contributed by atoms with Gasteiger partial charge in [-0.2, -0.15) is 5.26 Å². The molecule has 0 fully saturated rings. The summed E-state index contributed by atoms with van der Waals surface area (Å²) in [4.78, 5) is 17.2. The number of nitrogens with one attached hydrogen (secondary N) is 1. The number of carbonyl (C=O) groups excluding carboxylic acids is 1. The van der Waals surface area contributed by atoms with Gasteiger partial charge in [-0.15, -0.1) is 10.2 Å². The van der Waals surface area contributed by atoms with Gasteiger partial charge in [-0.3, -0.25) is 10.1 Å². The molecular formula is C18H15N5O3S2. The highest BCUT2D eigenvalue weighted by atomic mass is 32.2. The second kappa shape index (κ2) is 9.27. The van der Waals surface area contributed by atoms with Crippen LogP contribution >= 0.6 is 23.1 Å². The Morgan fingerprint density at radius 1 is 1.32 bits per heavy atom. The number of carbonyl (C=O) groups is 1. The van der Waals surface area contributed by atoms with Crippen molar-refractivity contribution in [1.82, 2.24) is 15.2 Å². The lowest BCUT2D eigenvalue weighted by atomic mass is 10.0. The molecular weight excluding hydrogens is 398 g/mol. The summed E-state index contributed by atoms with van der Waals surface area (Å²) in [7, 11) is 1.53. The fourth-order valence-electron chi connectivity index (χ4n) is 2.37. The highest BCUT2D eigenvalue weighted by molar-refractivity contribution is 8.01. The number of hydrogen-bond donors (Lipinski definition) is 2. The Bertz CT molecular complexity index is 1030. The van der Waals surface area contributed by atoms with Crippen LogP contribution in [0.3, 0.4) is 0 Å². The number of pyridine rings is 1. The van der Waals surface area contributed by atoms with E-state index in [9.17, 15) is 10.1 Å². The monoisotopic (exact) mass is 413 g/mol. The average Bonchev–Trinajstić information content (AvgIpc) is 3.18. The number of thioether (sulfide) groups is 1. The molecule has 142 valence electrons. The Morgan fingerprint density at radius 2 is 2.14 bits per heavy atom. The standard InChI is InChI=1S/C18H15N5O3S2/c1-26-14-5-3-2-4-12(14)15-13(7-6-11(10-19)20-15)16(25)21-17-22-23-18(28-17)27-9-8-24/h2-7,24H,8-9H2,1H3,(H,21,22,25). The molecule has 28 heavy (non-hydrogen) atoms. The third-order valence-corrected chi connectivity index (χ3v) is 5.51. The number of para-hydroxylation sites is 1. The number of nitriles is 1. The van der Waals surface area contributed by atoms with E-state index in [1.54, 1.807) is 24.3 Å². The number of aliphatic hydroxyl groups is 1. The lowest BCUT2D eigenvalue weighted by Gasteiger charge is -2.12. The number of amides is 1. The first-order valence-electron chi connectivity index (χ1n) is 8.09. The van der Waals surface area contributed by atoms with E-state index in [0.717, 1.165) is 0 Å². The van der Waals surface area contributed by atoms with Crippen molar-refractivity contribution in [3.05, 3.63) is 47.7 Å². The van der Waals surface area contributed by atoms with Crippen LogP contribution in [0.25, 0.3) is 11.3 Å². The van der Waals surface area contributed by atoms with E-state index >= 15 is 0 Å². The van der Waals surface area contributed by atoms with Crippen LogP contribution in [0.15, 0.2) is 40.7 Å². The van der Waals surface area contributed by atoms with Crippen LogP contribution in [0.4, 0.5) is 5.13 Å². The van der Waals surface area contributed by atoms with Crippen molar-refractivity contribution < 1.29 is 14.6 Å². The summed E-state index contributed by atoms with van der Waals surface area (Å²) in [6, 6.07) is 12.2. The maximum Gasteiger partial charge on any atom is 0.259 e. The molecule has 0 aliphatic rings. The minimum Gasteiger partial charge on any atom is -0.496 e. The normalized spacial score (nSPS) is 10.3. The Balaban J connectivity index is 1.94. The third kappa shape index (κ3) is 4.45. The average molecular weight is 413 g/mol. The number of methoxy groups -OCH3 is 1. The van der Waals surface area contributed by atoms with Crippen molar-refractivity contribution in [3.8, 4) is 23.1 Å². The lowest BCUT2D eigenvalue weighted by molar-refractivity contribution is 0.102. The summed E-state index contributed by atoms with van der Waals surface area (Å²) in [5, 5.41) is 29.0. The molecule has 0 spiro atoms. The quantitative estimate of drug-likeness (QED) is 0.448. The third-order valence-electron chi connectivity index (χ3n) is 3.56. The molecule has 0 bridgehead atoms. The van der Waals surface area contributed by atoms with E-state index in [1.165, 1.54) is 36.3 Å². The zero-order valence-corrected chi connectivity index (χ0v) is 16.4. The first kappa shape index (κ1) is 19.8. The topological polar surface area (TPSA) is 121 Å². The Kier molecular flexibility index (Phi) is 6.54. The van der Waals surface area contributed by atoms with Crippen molar-refractivity contribution in [3.63, 3.8) is 0 Å². The summed E-state index contributed by atoms with van der Waals surface area (Å²) >= 11 is 2.57. The molecule has 0 saturated carbocycles. The molecule has 1 amide bonds. The number of aromatic nitrogens is 3. The number of ether oxygens (including phenoxy) is 1. The smallest absolute Gasteiger partial charge is 0.259 e. The highest BCUT2D eigenvalue weighted by Gasteiger charge is 2.19. The van der Waals surface area contributed by atoms with Crippen LogP contribution in [-0.2, 0) is 0 Å². The van der Waals surface area contributed by atoms with E-state index in [4.69, 9.17) is 9.84 Å². The van der Waals surface area contributed by atoms with Crippen molar-refractivity contribution in [2.75, 3.05) is 24.8 Å². The molecule has 0 aliphatic carbocycles. The summed E-state index contributed by atoms with van der Waals surface area (Å²) in [6.45, 7) is 0.0329. The van der Waals surface area contributed by atoms with E-state index in [-0.39, 0.29) is 17.9 Å². The summed E-state index contributed by atoms with van der Waals surface area (Å²) in [6.07, 6.45) is 0. The van der Waals surface area contributed by atoms with Crippen LogP contribution in [0.1, 0.15) is 16.1 Å². The van der Waals surface area contributed by atoms with Crippen molar-refractivity contribution in [2.24, 2.45) is 0 Å². The molecule has 0 atom stereocenters. The molecule has 0 radical (unpaired) electrons.